The molecular formula is C17H30N2O. The summed E-state index contributed by atoms with van der Waals surface area (Å²) in [5.41, 5.74) is 0. The van der Waals surface area contributed by atoms with Gasteiger partial charge in [-0.05, 0) is 57.4 Å². The van der Waals surface area contributed by atoms with Crippen LogP contribution >= 0.6 is 0 Å². The predicted octanol–water partition coefficient (Wildman–Crippen LogP) is 2.55. The molecule has 4 atom stereocenters. The van der Waals surface area contributed by atoms with E-state index in [0.29, 0.717) is 6.10 Å². The highest BCUT2D eigenvalue weighted by molar-refractivity contribution is 5.03. The molecule has 0 aromatic carbocycles. The molecule has 114 valence electrons. The van der Waals surface area contributed by atoms with Gasteiger partial charge in [0.05, 0.1) is 6.10 Å². The van der Waals surface area contributed by atoms with E-state index < -0.39 is 0 Å². The highest BCUT2D eigenvalue weighted by Crippen LogP contribution is 2.44. The standard InChI is InChI=1S/C17H30N2O/c1-2-18-13-10-14-4-3-5-15(11-13)19(14)16-8-9-20-17(16)12-6-7-12/h12-18H,2-11H2,1H3. The lowest BCUT2D eigenvalue weighted by atomic mass is 9.79. The van der Waals surface area contributed by atoms with Crippen LogP contribution in [0.5, 0.6) is 0 Å². The summed E-state index contributed by atoms with van der Waals surface area (Å²) in [6, 6.07) is 3.19. The van der Waals surface area contributed by atoms with Gasteiger partial charge >= 0.3 is 0 Å². The number of ether oxygens (including phenoxy) is 1. The molecule has 3 heterocycles. The van der Waals surface area contributed by atoms with Crippen LogP contribution in [0.3, 0.4) is 0 Å². The van der Waals surface area contributed by atoms with Crippen molar-refractivity contribution in [1.82, 2.24) is 10.2 Å². The van der Waals surface area contributed by atoms with Crippen molar-refractivity contribution < 1.29 is 4.74 Å². The molecule has 0 aromatic heterocycles. The van der Waals surface area contributed by atoms with Crippen molar-refractivity contribution in [3.63, 3.8) is 0 Å². The lowest BCUT2D eigenvalue weighted by molar-refractivity contribution is -0.0425. The topological polar surface area (TPSA) is 24.5 Å². The molecule has 2 bridgehead atoms. The Kier molecular flexibility index (Phi) is 3.78. The van der Waals surface area contributed by atoms with E-state index in [0.717, 1.165) is 43.2 Å². The molecule has 1 aliphatic carbocycles. The minimum Gasteiger partial charge on any atom is -0.376 e. The summed E-state index contributed by atoms with van der Waals surface area (Å²) >= 11 is 0. The fourth-order valence-corrected chi connectivity index (χ4v) is 5.21. The van der Waals surface area contributed by atoms with E-state index >= 15 is 0 Å². The Bertz CT molecular complexity index is 330. The maximum atomic E-state index is 6.13. The van der Waals surface area contributed by atoms with E-state index in [1.165, 1.54) is 51.4 Å². The number of nitrogens with one attached hydrogen (secondary N) is 1. The van der Waals surface area contributed by atoms with Gasteiger partial charge in [0.25, 0.3) is 0 Å². The largest absolute Gasteiger partial charge is 0.376 e. The Morgan fingerprint density at radius 1 is 1.05 bits per heavy atom. The first-order valence-corrected chi connectivity index (χ1v) is 8.99. The minimum absolute atomic E-state index is 0.578. The summed E-state index contributed by atoms with van der Waals surface area (Å²) in [5, 5.41) is 3.71. The van der Waals surface area contributed by atoms with Crippen LogP contribution in [0.1, 0.15) is 58.3 Å². The van der Waals surface area contributed by atoms with Crippen LogP contribution in [0, 0.1) is 5.92 Å². The molecule has 3 heteroatoms. The van der Waals surface area contributed by atoms with Crippen LogP contribution in [-0.2, 0) is 4.74 Å². The van der Waals surface area contributed by atoms with Crippen LogP contribution < -0.4 is 5.32 Å². The molecule has 4 aliphatic rings. The molecule has 4 unspecified atom stereocenters. The molecule has 0 aromatic rings. The number of hydrogen-bond donors (Lipinski definition) is 1. The number of hydrogen-bond acceptors (Lipinski definition) is 3. The SMILES string of the molecule is CCNC1CC2CCCC(C1)N2C1CCOC1C1CC1. The molecule has 3 nitrogen and oxygen atoms in total. The van der Waals surface area contributed by atoms with Gasteiger partial charge in [-0.3, -0.25) is 4.90 Å². The zero-order valence-corrected chi connectivity index (χ0v) is 12.9. The molecule has 1 N–H and O–H groups in total. The summed E-state index contributed by atoms with van der Waals surface area (Å²) in [6.45, 7) is 4.38. The third kappa shape index (κ3) is 2.42. The Labute approximate surface area is 123 Å². The lowest BCUT2D eigenvalue weighted by Crippen LogP contribution is -2.61. The molecular weight excluding hydrogens is 248 g/mol. The second kappa shape index (κ2) is 5.58. The van der Waals surface area contributed by atoms with Gasteiger partial charge in [-0.2, -0.15) is 0 Å². The van der Waals surface area contributed by atoms with E-state index in [-0.39, 0.29) is 0 Å². The van der Waals surface area contributed by atoms with E-state index in [1.807, 2.05) is 0 Å². The van der Waals surface area contributed by atoms with Crippen molar-refractivity contribution in [2.24, 2.45) is 5.92 Å². The van der Waals surface area contributed by atoms with Crippen LogP contribution in [0.15, 0.2) is 0 Å². The predicted molar refractivity (Wildman–Crippen MR) is 80.8 cm³/mol. The number of piperidine rings is 2. The Balaban J connectivity index is 1.49. The number of fused-ring (bicyclic) bond motifs is 2. The monoisotopic (exact) mass is 278 g/mol. The summed E-state index contributed by atoms with van der Waals surface area (Å²) in [4.78, 5) is 2.94. The first-order chi connectivity index (χ1) is 9.86. The third-order valence-corrected chi connectivity index (χ3v) is 6.10. The summed E-state index contributed by atoms with van der Waals surface area (Å²) in [7, 11) is 0. The van der Waals surface area contributed by atoms with Gasteiger partial charge in [0, 0.05) is 30.8 Å². The second-order valence-electron chi connectivity index (χ2n) is 7.44. The fourth-order valence-electron chi connectivity index (χ4n) is 5.21. The molecule has 3 aliphatic heterocycles. The lowest BCUT2D eigenvalue weighted by Gasteiger charge is -2.52. The van der Waals surface area contributed by atoms with Crippen LogP contribution in [0.4, 0.5) is 0 Å². The van der Waals surface area contributed by atoms with Crippen molar-refractivity contribution in [2.75, 3.05) is 13.2 Å². The minimum atomic E-state index is 0.578. The van der Waals surface area contributed by atoms with Gasteiger partial charge < -0.3 is 10.1 Å². The quantitative estimate of drug-likeness (QED) is 0.855. The van der Waals surface area contributed by atoms with Gasteiger partial charge in [-0.25, -0.2) is 0 Å². The Morgan fingerprint density at radius 3 is 2.45 bits per heavy atom. The molecule has 4 fully saturated rings. The van der Waals surface area contributed by atoms with E-state index in [9.17, 15) is 0 Å². The Hall–Kier alpha value is -0.120. The van der Waals surface area contributed by atoms with Gasteiger partial charge in [-0.15, -0.1) is 0 Å². The van der Waals surface area contributed by atoms with Crippen LogP contribution in [0.2, 0.25) is 0 Å². The van der Waals surface area contributed by atoms with E-state index in [4.69, 9.17) is 4.74 Å². The first-order valence-electron chi connectivity index (χ1n) is 8.99. The van der Waals surface area contributed by atoms with Gasteiger partial charge in [0.15, 0.2) is 0 Å². The third-order valence-electron chi connectivity index (χ3n) is 6.10. The van der Waals surface area contributed by atoms with Gasteiger partial charge in [0.2, 0.25) is 0 Å². The molecule has 0 amide bonds. The number of rotatable bonds is 4. The molecule has 0 spiro atoms. The van der Waals surface area contributed by atoms with Crippen molar-refractivity contribution >= 4 is 0 Å². The molecule has 20 heavy (non-hydrogen) atoms. The van der Waals surface area contributed by atoms with Crippen LogP contribution in [0.25, 0.3) is 0 Å². The van der Waals surface area contributed by atoms with E-state index in [1.54, 1.807) is 0 Å². The van der Waals surface area contributed by atoms with Crippen molar-refractivity contribution in [1.29, 1.82) is 0 Å². The molecule has 1 saturated carbocycles. The maximum absolute atomic E-state index is 6.13. The molecule has 0 radical (unpaired) electrons. The summed E-state index contributed by atoms with van der Waals surface area (Å²) < 4.78 is 6.13. The van der Waals surface area contributed by atoms with Gasteiger partial charge in [0.1, 0.15) is 0 Å². The first kappa shape index (κ1) is 13.5. The van der Waals surface area contributed by atoms with E-state index in [2.05, 4.69) is 17.1 Å². The van der Waals surface area contributed by atoms with Gasteiger partial charge in [-0.1, -0.05) is 13.3 Å². The highest BCUT2D eigenvalue weighted by Gasteiger charge is 2.49. The number of nitrogens with zero attached hydrogens (tertiary/aromatic N) is 1. The fraction of sp³-hybridized carbons (Fsp3) is 1.00. The normalized spacial score (nSPS) is 45.8. The molecule has 3 saturated heterocycles. The zero-order chi connectivity index (χ0) is 13.5. The second-order valence-corrected chi connectivity index (χ2v) is 7.44. The summed E-state index contributed by atoms with van der Waals surface area (Å²) in [5.74, 6) is 0.898. The van der Waals surface area contributed by atoms with Crippen molar-refractivity contribution in [3.05, 3.63) is 0 Å². The van der Waals surface area contributed by atoms with Crippen LogP contribution in [-0.4, -0.2) is 48.3 Å². The zero-order valence-electron chi connectivity index (χ0n) is 12.9. The summed E-state index contributed by atoms with van der Waals surface area (Å²) in [6.07, 6.45) is 11.8. The average Bonchev–Trinajstić information content (AvgIpc) is 3.16. The van der Waals surface area contributed by atoms with Crippen molar-refractivity contribution in [2.45, 2.75) is 88.6 Å². The highest BCUT2D eigenvalue weighted by atomic mass is 16.5. The molecule has 4 rings (SSSR count). The smallest absolute Gasteiger partial charge is 0.0759 e. The average molecular weight is 278 g/mol. The maximum Gasteiger partial charge on any atom is 0.0759 e. The van der Waals surface area contributed by atoms with Crippen molar-refractivity contribution in [3.8, 4) is 0 Å². The Morgan fingerprint density at radius 2 is 1.80 bits per heavy atom.